The van der Waals surface area contributed by atoms with Crippen LogP contribution in [0.25, 0.3) is 0 Å². The van der Waals surface area contributed by atoms with Crippen LogP contribution in [-0.2, 0) is 0 Å². The second-order valence-electron chi connectivity index (χ2n) is 5.04. The molecule has 0 aliphatic carbocycles. The highest BCUT2D eigenvalue weighted by Crippen LogP contribution is 2.21. The lowest BCUT2D eigenvalue weighted by atomic mass is 10.2. The van der Waals surface area contributed by atoms with E-state index in [0.717, 1.165) is 18.9 Å². The molecule has 0 atom stereocenters. The fourth-order valence-corrected chi connectivity index (χ4v) is 3.19. The molecule has 0 radical (unpaired) electrons. The lowest BCUT2D eigenvalue weighted by Crippen LogP contribution is -2.29. The molecular formula is C15H22INO. The van der Waals surface area contributed by atoms with Gasteiger partial charge in [0.2, 0.25) is 0 Å². The van der Waals surface area contributed by atoms with Crippen LogP contribution < -0.4 is 4.74 Å². The molecule has 2 nitrogen and oxygen atoms in total. The van der Waals surface area contributed by atoms with Crippen LogP contribution >= 0.6 is 22.6 Å². The molecule has 1 saturated heterocycles. The number of rotatable bonds is 4. The Morgan fingerprint density at radius 3 is 2.56 bits per heavy atom. The van der Waals surface area contributed by atoms with Gasteiger partial charge in [-0.05, 0) is 73.1 Å². The van der Waals surface area contributed by atoms with E-state index in [0.29, 0.717) is 0 Å². The minimum Gasteiger partial charge on any atom is -0.491 e. The highest BCUT2D eigenvalue weighted by atomic mass is 127. The van der Waals surface area contributed by atoms with Gasteiger partial charge >= 0.3 is 0 Å². The van der Waals surface area contributed by atoms with E-state index in [1.807, 2.05) is 0 Å². The molecule has 0 amide bonds. The first-order valence-electron chi connectivity index (χ1n) is 6.87. The van der Waals surface area contributed by atoms with Crippen LogP contribution in [0.5, 0.6) is 5.75 Å². The average molecular weight is 359 g/mol. The number of hydrogen-bond donors (Lipinski definition) is 0. The highest BCUT2D eigenvalue weighted by Gasteiger charge is 2.09. The maximum atomic E-state index is 5.89. The molecule has 1 aliphatic heterocycles. The summed E-state index contributed by atoms with van der Waals surface area (Å²) in [5.41, 5.74) is 1.29. The van der Waals surface area contributed by atoms with E-state index >= 15 is 0 Å². The number of nitrogens with zero attached hydrogens (tertiary/aromatic N) is 1. The van der Waals surface area contributed by atoms with E-state index in [1.165, 1.54) is 47.9 Å². The summed E-state index contributed by atoms with van der Waals surface area (Å²) in [5.74, 6) is 1.02. The molecule has 0 unspecified atom stereocenters. The zero-order valence-electron chi connectivity index (χ0n) is 11.1. The highest BCUT2D eigenvalue weighted by molar-refractivity contribution is 14.1. The van der Waals surface area contributed by atoms with Crippen molar-refractivity contribution in [3.8, 4) is 5.75 Å². The summed E-state index contributed by atoms with van der Waals surface area (Å²) in [7, 11) is 0. The first-order valence-corrected chi connectivity index (χ1v) is 7.95. The van der Waals surface area contributed by atoms with Gasteiger partial charge in [0.15, 0.2) is 0 Å². The Kier molecular flexibility index (Phi) is 5.76. The summed E-state index contributed by atoms with van der Waals surface area (Å²) in [6.45, 7) is 6.47. The molecule has 2 rings (SSSR count). The molecule has 1 fully saturated rings. The van der Waals surface area contributed by atoms with Crippen LogP contribution in [0, 0.1) is 10.5 Å². The van der Waals surface area contributed by atoms with Gasteiger partial charge in [-0.1, -0.05) is 18.9 Å². The predicted molar refractivity (Wildman–Crippen MR) is 84.3 cm³/mol. The number of likely N-dealkylation sites (tertiary alicyclic amines) is 1. The van der Waals surface area contributed by atoms with E-state index in [9.17, 15) is 0 Å². The van der Waals surface area contributed by atoms with Gasteiger partial charge in [0.05, 0.1) is 3.57 Å². The second kappa shape index (κ2) is 7.34. The van der Waals surface area contributed by atoms with Crippen molar-refractivity contribution >= 4 is 22.6 Å². The van der Waals surface area contributed by atoms with Gasteiger partial charge in [-0.25, -0.2) is 0 Å². The normalized spacial score (nSPS) is 17.4. The van der Waals surface area contributed by atoms with E-state index in [4.69, 9.17) is 4.74 Å². The fraction of sp³-hybridized carbons (Fsp3) is 0.600. The lowest BCUT2D eigenvalue weighted by Gasteiger charge is -2.20. The molecule has 0 aromatic heterocycles. The Morgan fingerprint density at radius 2 is 1.89 bits per heavy atom. The van der Waals surface area contributed by atoms with Crippen LogP contribution in [0.3, 0.4) is 0 Å². The lowest BCUT2D eigenvalue weighted by molar-refractivity contribution is 0.213. The molecule has 0 N–H and O–H groups in total. The summed E-state index contributed by atoms with van der Waals surface area (Å²) in [6.07, 6.45) is 5.49. The number of aryl methyl sites for hydroxylation is 1. The first-order chi connectivity index (χ1) is 8.75. The minimum atomic E-state index is 0.805. The van der Waals surface area contributed by atoms with Crippen LogP contribution in [0.1, 0.15) is 31.2 Å². The summed E-state index contributed by atoms with van der Waals surface area (Å²) in [6, 6.07) is 6.37. The molecular weight excluding hydrogens is 337 g/mol. The molecule has 1 aliphatic rings. The summed E-state index contributed by atoms with van der Waals surface area (Å²) in [5, 5.41) is 0. The molecule has 0 bridgehead atoms. The van der Waals surface area contributed by atoms with Gasteiger partial charge in [-0.3, -0.25) is 4.90 Å². The molecule has 100 valence electrons. The zero-order valence-corrected chi connectivity index (χ0v) is 13.3. The van der Waals surface area contributed by atoms with Crippen molar-refractivity contribution in [2.24, 2.45) is 0 Å². The van der Waals surface area contributed by atoms with Crippen molar-refractivity contribution in [1.29, 1.82) is 0 Å². The number of halogens is 1. The standard InChI is InChI=1S/C15H22INO/c1-13-6-7-15(14(16)12-13)18-11-10-17-8-4-2-3-5-9-17/h6-7,12H,2-5,8-11H2,1H3. The summed E-state index contributed by atoms with van der Waals surface area (Å²) < 4.78 is 7.10. The predicted octanol–water partition coefficient (Wildman–Crippen LogP) is 3.85. The second-order valence-corrected chi connectivity index (χ2v) is 6.20. The van der Waals surface area contributed by atoms with Gasteiger partial charge in [-0.15, -0.1) is 0 Å². The largest absolute Gasteiger partial charge is 0.491 e. The molecule has 0 spiro atoms. The smallest absolute Gasteiger partial charge is 0.132 e. The monoisotopic (exact) mass is 359 g/mol. The summed E-state index contributed by atoms with van der Waals surface area (Å²) in [4.78, 5) is 2.54. The van der Waals surface area contributed by atoms with Gasteiger partial charge in [-0.2, -0.15) is 0 Å². The maximum Gasteiger partial charge on any atom is 0.132 e. The van der Waals surface area contributed by atoms with E-state index < -0.39 is 0 Å². The van der Waals surface area contributed by atoms with Crippen molar-refractivity contribution in [2.45, 2.75) is 32.6 Å². The van der Waals surface area contributed by atoms with Gasteiger partial charge < -0.3 is 4.74 Å². The summed E-state index contributed by atoms with van der Waals surface area (Å²) >= 11 is 2.35. The molecule has 18 heavy (non-hydrogen) atoms. The quantitative estimate of drug-likeness (QED) is 0.757. The van der Waals surface area contributed by atoms with Crippen molar-refractivity contribution in [2.75, 3.05) is 26.2 Å². The molecule has 1 heterocycles. The third-order valence-corrected chi connectivity index (χ3v) is 4.29. The Labute approximate surface area is 124 Å². The van der Waals surface area contributed by atoms with Crippen LogP contribution in [0.4, 0.5) is 0 Å². The van der Waals surface area contributed by atoms with Gasteiger partial charge in [0.1, 0.15) is 12.4 Å². The Hall–Kier alpha value is -0.290. The van der Waals surface area contributed by atoms with Crippen LogP contribution in [0.15, 0.2) is 18.2 Å². The van der Waals surface area contributed by atoms with Crippen molar-refractivity contribution in [3.63, 3.8) is 0 Å². The van der Waals surface area contributed by atoms with Crippen LogP contribution in [0.2, 0.25) is 0 Å². The van der Waals surface area contributed by atoms with Gasteiger partial charge in [0.25, 0.3) is 0 Å². The van der Waals surface area contributed by atoms with Crippen molar-refractivity contribution in [3.05, 3.63) is 27.3 Å². The Bertz CT molecular complexity index is 373. The number of hydrogen-bond acceptors (Lipinski definition) is 2. The maximum absolute atomic E-state index is 5.89. The Balaban J connectivity index is 1.77. The van der Waals surface area contributed by atoms with E-state index in [-0.39, 0.29) is 0 Å². The minimum absolute atomic E-state index is 0.805. The number of ether oxygens (including phenoxy) is 1. The molecule has 3 heteroatoms. The third kappa shape index (κ3) is 4.43. The molecule has 1 aromatic carbocycles. The van der Waals surface area contributed by atoms with Gasteiger partial charge in [0, 0.05) is 6.54 Å². The van der Waals surface area contributed by atoms with E-state index in [2.05, 4.69) is 52.6 Å². The Morgan fingerprint density at radius 1 is 1.17 bits per heavy atom. The van der Waals surface area contributed by atoms with Crippen molar-refractivity contribution in [1.82, 2.24) is 4.90 Å². The van der Waals surface area contributed by atoms with Crippen LogP contribution in [-0.4, -0.2) is 31.1 Å². The molecule has 1 aromatic rings. The fourth-order valence-electron chi connectivity index (χ4n) is 2.37. The number of benzene rings is 1. The third-order valence-electron chi connectivity index (χ3n) is 3.45. The zero-order chi connectivity index (χ0) is 12.8. The molecule has 0 saturated carbocycles. The average Bonchev–Trinajstić information content (AvgIpc) is 2.60. The SMILES string of the molecule is Cc1ccc(OCCN2CCCCCC2)c(I)c1. The topological polar surface area (TPSA) is 12.5 Å². The first kappa shape index (κ1) is 14.1. The van der Waals surface area contributed by atoms with Crippen molar-refractivity contribution < 1.29 is 4.74 Å². The van der Waals surface area contributed by atoms with E-state index in [1.54, 1.807) is 0 Å².